The SMILES string of the molecule is O=C(Cc1ccc(Br)cc1Cl)C1CC2CCC1C2. The summed E-state index contributed by atoms with van der Waals surface area (Å²) in [6, 6.07) is 5.78. The van der Waals surface area contributed by atoms with E-state index < -0.39 is 0 Å². The van der Waals surface area contributed by atoms with E-state index in [4.69, 9.17) is 11.6 Å². The Bertz CT molecular complexity index is 485. The average molecular weight is 328 g/mol. The summed E-state index contributed by atoms with van der Waals surface area (Å²) >= 11 is 9.56. The van der Waals surface area contributed by atoms with Crippen LogP contribution in [0.2, 0.25) is 5.02 Å². The van der Waals surface area contributed by atoms with Gasteiger partial charge in [-0.15, -0.1) is 0 Å². The van der Waals surface area contributed by atoms with Crippen molar-refractivity contribution in [2.45, 2.75) is 32.1 Å². The van der Waals surface area contributed by atoms with Gasteiger partial charge in [0, 0.05) is 21.8 Å². The summed E-state index contributed by atoms with van der Waals surface area (Å²) in [5, 5.41) is 0.695. The van der Waals surface area contributed by atoms with Gasteiger partial charge in [0.25, 0.3) is 0 Å². The predicted molar refractivity (Wildman–Crippen MR) is 76.8 cm³/mol. The third kappa shape index (κ3) is 2.37. The molecule has 1 aromatic carbocycles. The van der Waals surface area contributed by atoms with Crippen LogP contribution in [0.5, 0.6) is 0 Å². The lowest BCUT2D eigenvalue weighted by Crippen LogP contribution is -2.22. The maximum atomic E-state index is 12.4. The Morgan fingerprint density at radius 3 is 2.78 bits per heavy atom. The Kier molecular flexibility index (Phi) is 3.50. The number of ketones is 1. The molecule has 18 heavy (non-hydrogen) atoms. The van der Waals surface area contributed by atoms with E-state index in [-0.39, 0.29) is 0 Å². The minimum atomic E-state index is 0.309. The van der Waals surface area contributed by atoms with Gasteiger partial charge in [0.2, 0.25) is 0 Å². The molecule has 0 saturated heterocycles. The summed E-state index contributed by atoms with van der Waals surface area (Å²) in [5.74, 6) is 2.19. The molecule has 0 spiro atoms. The number of rotatable bonds is 3. The molecule has 0 amide bonds. The summed E-state index contributed by atoms with van der Waals surface area (Å²) in [4.78, 5) is 12.4. The molecule has 96 valence electrons. The van der Waals surface area contributed by atoms with E-state index in [0.29, 0.717) is 29.1 Å². The molecule has 3 unspecified atom stereocenters. The van der Waals surface area contributed by atoms with Crippen molar-refractivity contribution in [3.63, 3.8) is 0 Å². The number of hydrogen-bond acceptors (Lipinski definition) is 1. The van der Waals surface area contributed by atoms with Gasteiger partial charge in [-0.1, -0.05) is 40.0 Å². The first-order valence-corrected chi connectivity index (χ1v) is 7.77. The Morgan fingerprint density at radius 1 is 1.33 bits per heavy atom. The summed E-state index contributed by atoms with van der Waals surface area (Å²) in [6.07, 6.45) is 5.50. The van der Waals surface area contributed by atoms with Gasteiger partial charge in [0.05, 0.1) is 0 Å². The highest BCUT2D eigenvalue weighted by Crippen LogP contribution is 2.48. The van der Waals surface area contributed by atoms with Gasteiger partial charge in [-0.05, 0) is 48.8 Å². The van der Waals surface area contributed by atoms with Crippen LogP contribution in [0.25, 0.3) is 0 Å². The molecular formula is C15H16BrClO. The molecule has 2 aliphatic carbocycles. The van der Waals surface area contributed by atoms with Gasteiger partial charge in [0.15, 0.2) is 0 Å². The summed E-state index contributed by atoms with van der Waals surface area (Å²) in [5.41, 5.74) is 0.965. The van der Waals surface area contributed by atoms with E-state index in [1.165, 1.54) is 19.3 Å². The lowest BCUT2D eigenvalue weighted by Gasteiger charge is -2.20. The van der Waals surface area contributed by atoms with Crippen molar-refractivity contribution in [3.8, 4) is 0 Å². The third-order valence-electron chi connectivity index (χ3n) is 4.53. The first-order valence-electron chi connectivity index (χ1n) is 6.60. The van der Waals surface area contributed by atoms with Gasteiger partial charge < -0.3 is 0 Å². The summed E-state index contributed by atoms with van der Waals surface area (Å²) in [6.45, 7) is 0. The highest BCUT2D eigenvalue weighted by Gasteiger charge is 2.42. The van der Waals surface area contributed by atoms with Crippen LogP contribution in [0.3, 0.4) is 0 Å². The average Bonchev–Trinajstić information content (AvgIpc) is 2.94. The van der Waals surface area contributed by atoms with E-state index in [9.17, 15) is 4.79 Å². The second kappa shape index (κ2) is 4.97. The zero-order valence-electron chi connectivity index (χ0n) is 10.2. The number of carbonyl (C=O) groups excluding carboxylic acids is 1. The number of halogens is 2. The maximum Gasteiger partial charge on any atom is 0.140 e. The molecule has 0 aromatic heterocycles. The van der Waals surface area contributed by atoms with E-state index in [2.05, 4.69) is 15.9 Å². The topological polar surface area (TPSA) is 17.1 Å². The number of hydrogen-bond donors (Lipinski definition) is 0. The summed E-state index contributed by atoms with van der Waals surface area (Å²) < 4.78 is 0.962. The van der Waals surface area contributed by atoms with Gasteiger partial charge in [0.1, 0.15) is 5.78 Å². The first-order chi connectivity index (χ1) is 8.63. The number of benzene rings is 1. The van der Waals surface area contributed by atoms with E-state index in [1.807, 2.05) is 18.2 Å². The van der Waals surface area contributed by atoms with Crippen molar-refractivity contribution < 1.29 is 4.79 Å². The lowest BCUT2D eigenvalue weighted by molar-refractivity contribution is -0.123. The summed E-state index contributed by atoms with van der Waals surface area (Å²) in [7, 11) is 0. The Hall–Kier alpha value is -0.340. The molecule has 1 nitrogen and oxygen atoms in total. The molecule has 0 radical (unpaired) electrons. The zero-order valence-corrected chi connectivity index (χ0v) is 12.5. The monoisotopic (exact) mass is 326 g/mol. The van der Waals surface area contributed by atoms with Crippen molar-refractivity contribution in [1.82, 2.24) is 0 Å². The van der Waals surface area contributed by atoms with E-state index in [0.717, 1.165) is 22.4 Å². The predicted octanol–water partition coefficient (Wildman–Crippen LogP) is 4.65. The Morgan fingerprint density at radius 2 is 2.17 bits per heavy atom. The number of Topliss-reactive ketones (excluding diaryl/α,β-unsaturated/α-hetero) is 1. The van der Waals surface area contributed by atoms with Crippen molar-refractivity contribution in [2.24, 2.45) is 17.8 Å². The molecule has 2 fully saturated rings. The van der Waals surface area contributed by atoms with Crippen LogP contribution < -0.4 is 0 Å². The van der Waals surface area contributed by atoms with Gasteiger partial charge in [-0.2, -0.15) is 0 Å². The second-order valence-corrected chi connectivity index (χ2v) is 6.98. The van der Waals surface area contributed by atoms with Crippen LogP contribution in [0.1, 0.15) is 31.2 Å². The van der Waals surface area contributed by atoms with Gasteiger partial charge in [-0.25, -0.2) is 0 Å². The fourth-order valence-corrected chi connectivity index (χ4v) is 4.36. The van der Waals surface area contributed by atoms with Crippen LogP contribution in [0.15, 0.2) is 22.7 Å². The van der Waals surface area contributed by atoms with E-state index in [1.54, 1.807) is 0 Å². The second-order valence-electron chi connectivity index (χ2n) is 5.66. The van der Waals surface area contributed by atoms with Crippen molar-refractivity contribution in [2.75, 3.05) is 0 Å². The maximum absolute atomic E-state index is 12.4. The van der Waals surface area contributed by atoms with E-state index >= 15 is 0 Å². The largest absolute Gasteiger partial charge is 0.299 e. The first kappa shape index (κ1) is 12.7. The zero-order chi connectivity index (χ0) is 12.7. The van der Waals surface area contributed by atoms with Crippen molar-refractivity contribution in [3.05, 3.63) is 33.3 Å². The van der Waals surface area contributed by atoms with Gasteiger partial charge in [-0.3, -0.25) is 4.79 Å². The number of fused-ring (bicyclic) bond motifs is 2. The minimum absolute atomic E-state index is 0.309. The third-order valence-corrected chi connectivity index (χ3v) is 5.38. The Labute approximate surface area is 121 Å². The molecule has 1 aromatic rings. The molecule has 2 bridgehead atoms. The van der Waals surface area contributed by atoms with Crippen LogP contribution in [-0.4, -0.2) is 5.78 Å². The molecule has 2 saturated carbocycles. The fraction of sp³-hybridized carbons (Fsp3) is 0.533. The molecule has 2 aliphatic rings. The molecule has 3 rings (SSSR count). The smallest absolute Gasteiger partial charge is 0.140 e. The fourth-order valence-electron chi connectivity index (χ4n) is 3.62. The van der Waals surface area contributed by atoms with Crippen LogP contribution in [0, 0.1) is 17.8 Å². The Balaban J connectivity index is 1.71. The van der Waals surface area contributed by atoms with Crippen LogP contribution in [-0.2, 0) is 11.2 Å². The van der Waals surface area contributed by atoms with Crippen molar-refractivity contribution in [1.29, 1.82) is 0 Å². The quantitative estimate of drug-likeness (QED) is 0.789. The highest BCUT2D eigenvalue weighted by molar-refractivity contribution is 9.10. The normalized spacial score (nSPS) is 29.8. The molecule has 0 heterocycles. The molecule has 3 heteroatoms. The van der Waals surface area contributed by atoms with Crippen molar-refractivity contribution >= 4 is 33.3 Å². The minimum Gasteiger partial charge on any atom is -0.299 e. The lowest BCUT2D eigenvalue weighted by atomic mass is 9.83. The van der Waals surface area contributed by atoms with Gasteiger partial charge >= 0.3 is 0 Å². The molecular weight excluding hydrogens is 312 g/mol. The standard InChI is InChI=1S/C15H16BrClO/c16-12-4-3-11(14(17)8-12)7-15(18)13-6-9-1-2-10(13)5-9/h3-4,8-10,13H,1-2,5-7H2. The molecule has 0 aliphatic heterocycles. The molecule has 0 N–H and O–H groups in total. The number of carbonyl (C=O) groups is 1. The van der Waals surface area contributed by atoms with Crippen LogP contribution in [0.4, 0.5) is 0 Å². The van der Waals surface area contributed by atoms with Crippen LogP contribution >= 0.6 is 27.5 Å². The molecule has 3 atom stereocenters. The highest BCUT2D eigenvalue weighted by atomic mass is 79.9.